The molecule has 0 aliphatic heterocycles. The van der Waals surface area contributed by atoms with E-state index in [0.29, 0.717) is 16.5 Å². The summed E-state index contributed by atoms with van der Waals surface area (Å²) in [5.41, 5.74) is 0.418. The number of carbonyl (C=O) groups is 1. The summed E-state index contributed by atoms with van der Waals surface area (Å²) in [6, 6.07) is 12.5. The Morgan fingerprint density at radius 3 is 2.32 bits per heavy atom. The number of anilines is 1. The summed E-state index contributed by atoms with van der Waals surface area (Å²) in [6.45, 7) is -0.0916. The van der Waals surface area contributed by atoms with E-state index in [1.165, 1.54) is 24.3 Å². The van der Waals surface area contributed by atoms with E-state index < -0.39 is 10.0 Å². The van der Waals surface area contributed by atoms with E-state index in [4.69, 9.17) is 16.3 Å². The van der Waals surface area contributed by atoms with E-state index in [1.807, 2.05) is 0 Å². The number of benzene rings is 2. The van der Waals surface area contributed by atoms with E-state index in [-0.39, 0.29) is 23.5 Å². The Morgan fingerprint density at radius 2 is 1.72 bits per heavy atom. The lowest BCUT2D eigenvalue weighted by Gasteiger charge is -2.10. The third kappa shape index (κ3) is 5.11. The molecule has 2 aromatic rings. The Hall–Kier alpha value is -2.25. The van der Waals surface area contributed by atoms with Crippen LogP contribution in [-0.4, -0.2) is 27.0 Å². The normalized spacial score (nSPS) is 14.0. The van der Waals surface area contributed by atoms with Crippen molar-refractivity contribution >= 4 is 33.2 Å². The van der Waals surface area contributed by atoms with Gasteiger partial charge in [0, 0.05) is 16.8 Å². The molecule has 0 spiro atoms. The van der Waals surface area contributed by atoms with Gasteiger partial charge in [-0.2, -0.15) is 0 Å². The Labute approximate surface area is 151 Å². The molecule has 132 valence electrons. The number of nitrogens with one attached hydrogen (secondary N) is 2. The van der Waals surface area contributed by atoms with Gasteiger partial charge in [-0.3, -0.25) is 9.52 Å². The first-order chi connectivity index (χ1) is 11.9. The van der Waals surface area contributed by atoms with E-state index in [9.17, 15) is 13.2 Å². The number of amides is 1. The fourth-order valence-electron chi connectivity index (χ4n) is 2.09. The largest absolute Gasteiger partial charge is 0.484 e. The zero-order valence-corrected chi connectivity index (χ0v) is 14.8. The van der Waals surface area contributed by atoms with Gasteiger partial charge in [0.25, 0.3) is 15.9 Å². The highest BCUT2D eigenvalue weighted by Crippen LogP contribution is 2.21. The highest BCUT2D eigenvalue weighted by molar-refractivity contribution is 7.92. The molecule has 0 bridgehead atoms. The molecular weight excluding hydrogens is 364 g/mol. The summed E-state index contributed by atoms with van der Waals surface area (Å²) < 4.78 is 32.5. The molecule has 25 heavy (non-hydrogen) atoms. The third-order valence-electron chi connectivity index (χ3n) is 3.54. The van der Waals surface area contributed by atoms with Gasteiger partial charge < -0.3 is 10.1 Å². The molecule has 6 nitrogen and oxygen atoms in total. The molecule has 2 aromatic carbocycles. The predicted molar refractivity (Wildman–Crippen MR) is 95.4 cm³/mol. The average molecular weight is 381 g/mol. The van der Waals surface area contributed by atoms with E-state index in [1.54, 1.807) is 24.3 Å². The van der Waals surface area contributed by atoms with Gasteiger partial charge in [0.15, 0.2) is 6.61 Å². The first-order valence-corrected chi connectivity index (χ1v) is 9.59. The maximum atomic E-state index is 12.3. The van der Waals surface area contributed by atoms with Crippen LogP contribution in [0.4, 0.5) is 5.69 Å². The fraction of sp³-hybridized carbons (Fsp3) is 0.235. The quantitative estimate of drug-likeness (QED) is 0.773. The van der Waals surface area contributed by atoms with Crippen LogP contribution in [0.1, 0.15) is 12.8 Å². The maximum absolute atomic E-state index is 12.3. The summed E-state index contributed by atoms with van der Waals surface area (Å²) in [7, 11) is -3.71. The Bertz CT molecular complexity index is 847. The van der Waals surface area contributed by atoms with E-state index >= 15 is 0 Å². The first-order valence-electron chi connectivity index (χ1n) is 7.73. The van der Waals surface area contributed by atoms with Gasteiger partial charge in [0.2, 0.25) is 0 Å². The molecular formula is C17H17ClN2O4S. The highest BCUT2D eigenvalue weighted by Gasteiger charge is 2.23. The van der Waals surface area contributed by atoms with Gasteiger partial charge in [-0.1, -0.05) is 11.6 Å². The molecule has 0 aromatic heterocycles. The smallest absolute Gasteiger partial charge is 0.261 e. The average Bonchev–Trinajstić information content (AvgIpc) is 3.39. The Kier molecular flexibility index (Phi) is 5.15. The second kappa shape index (κ2) is 7.33. The van der Waals surface area contributed by atoms with Gasteiger partial charge >= 0.3 is 0 Å². The highest BCUT2D eigenvalue weighted by atomic mass is 35.5. The molecule has 0 unspecified atom stereocenters. The van der Waals surface area contributed by atoms with Gasteiger partial charge in [-0.15, -0.1) is 0 Å². The van der Waals surface area contributed by atoms with Gasteiger partial charge in [-0.05, 0) is 61.4 Å². The molecule has 2 N–H and O–H groups in total. The van der Waals surface area contributed by atoms with Crippen molar-refractivity contribution in [2.45, 2.75) is 23.8 Å². The number of rotatable bonds is 7. The van der Waals surface area contributed by atoms with Crippen molar-refractivity contribution in [2.24, 2.45) is 0 Å². The van der Waals surface area contributed by atoms with Gasteiger partial charge in [0.05, 0.1) is 4.90 Å². The molecule has 1 fully saturated rings. The summed E-state index contributed by atoms with van der Waals surface area (Å²) in [5, 5.41) is 3.34. The third-order valence-corrected chi connectivity index (χ3v) is 5.19. The zero-order chi connectivity index (χ0) is 17.9. The van der Waals surface area contributed by atoms with Crippen LogP contribution < -0.4 is 14.8 Å². The SMILES string of the molecule is O=C(COc1ccc(S(=O)(=O)Nc2ccc(Cl)cc2)cc1)NC1CC1. The minimum absolute atomic E-state index is 0.0916. The molecule has 0 atom stereocenters. The lowest BCUT2D eigenvalue weighted by Crippen LogP contribution is -2.30. The molecule has 8 heteroatoms. The summed E-state index contributed by atoms with van der Waals surface area (Å²) in [6.07, 6.45) is 2.03. The fourth-order valence-corrected chi connectivity index (χ4v) is 3.28. The van der Waals surface area contributed by atoms with Crippen LogP contribution in [-0.2, 0) is 14.8 Å². The van der Waals surface area contributed by atoms with Crippen LogP contribution in [0.5, 0.6) is 5.75 Å². The van der Waals surface area contributed by atoms with Crippen molar-refractivity contribution in [1.29, 1.82) is 0 Å². The standard InChI is InChI=1S/C17H17ClN2O4S/c18-12-1-3-14(4-2-12)20-25(22,23)16-9-7-15(8-10-16)24-11-17(21)19-13-5-6-13/h1-4,7-10,13,20H,5-6,11H2,(H,19,21). The van der Waals surface area contributed by atoms with E-state index in [2.05, 4.69) is 10.0 Å². The number of hydrogen-bond donors (Lipinski definition) is 2. The Balaban J connectivity index is 1.60. The predicted octanol–water partition coefficient (Wildman–Crippen LogP) is 2.80. The van der Waals surface area contributed by atoms with Crippen LogP contribution in [0.25, 0.3) is 0 Å². The summed E-state index contributed by atoms with van der Waals surface area (Å²) >= 11 is 5.78. The Morgan fingerprint density at radius 1 is 1.08 bits per heavy atom. The van der Waals surface area contributed by atoms with Crippen molar-refractivity contribution in [2.75, 3.05) is 11.3 Å². The molecule has 1 aliphatic rings. The van der Waals surface area contributed by atoms with Crippen molar-refractivity contribution in [1.82, 2.24) is 5.32 Å². The lowest BCUT2D eigenvalue weighted by molar-refractivity contribution is -0.123. The first kappa shape index (κ1) is 17.6. The molecule has 0 saturated heterocycles. The van der Waals surface area contributed by atoms with Crippen LogP contribution in [0.15, 0.2) is 53.4 Å². The minimum atomic E-state index is -3.71. The maximum Gasteiger partial charge on any atom is 0.261 e. The lowest BCUT2D eigenvalue weighted by atomic mass is 10.3. The van der Waals surface area contributed by atoms with Crippen molar-refractivity contribution in [3.63, 3.8) is 0 Å². The second-order valence-electron chi connectivity index (χ2n) is 5.71. The van der Waals surface area contributed by atoms with Crippen LogP contribution in [0.3, 0.4) is 0 Å². The minimum Gasteiger partial charge on any atom is -0.484 e. The number of hydrogen-bond acceptors (Lipinski definition) is 4. The van der Waals surface area contributed by atoms with E-state index in [0.717, 1.165) is 12.8 Å². The van der Waals surface area contributed by atoms with Gasteiger partial charge in [0.1, 0.15) is 5.75 Å². The van der Waals surface area contributed by atoms with Crippen molar-refractivity contribution in [3.8, 4) is 5.75 Å². The monoisotopic (exact) mass is 380 g/mol. The van der Waals surface area contributed by atoms with Crippen LogP contribution in [0, 0.1) is 0 Å². The number of halogens is 1. The van der Waals surface area contributed by atoms with Gasteiger partial charge in [-0.25, -0.2) is 8.42 Å². The molecule has 0 radical (unpaired) electrons. The van der Waals surface area contributed by atoms with Crippen LogP contribution >= 0.6 is 11.6 Å². The molecule has 0 heterocycles. The molecule has 1 aliphatic carbocycles. The summed E-state index contributed by atoms with van der Waals surface area (Å²) in [5.74, 6) is 0.250. The number of sulfonamides is 1. The molecule has 1 saturated carbocycles. The topological polar surface area (TPSA) is 84.5 Å². The molecule has 3 rings (SSSR count). The number of carbonyl (C=O) groups excluding carboxylic acids is 1. The summed E-state index contributed by atoms with van der Waals surface area (Å²) in [4.78, 5) is 11.7. The molecule has 1 amide bonds. The van der Waals surface area contributed by atoms with Crippen LogP contribution in [0.2, 0.25) is 5.02 Å². The second-order valence-corrected chi connectivity index (χ2v) is 7.83. The van der Waals surface area contributed by atoms with Crippen molar-refractivity contribution in [3.05, 3.63) is 53.6 Å². The zero-order valence-electron chi connectivity index (χ0n) is 13.2. The van der Waals surface area contributed by atoms with Crippen molar-refractivity contribution < 1.29 is 17.9 Å². The number of ether oxygens (including phenoxy) is 1.